The van der Waals surface area contributed by atoms with Crippen LogP contribution in [0.5, 0.6) is 5.75 Å². The first-order valence-electron chi connectivity index (χ1n) is 7.00. The van der Waals surface area contributed by atoms with Gasteiger partial charge in [-0.1, -0.05) is 0 Å². The molecule has 5 nitrogen and oxygen atoms in total. The summed E-state index contributed by atoms with van der Waals surface area (Å²) in [5.74, 6) is 0.291. The third kappa shape index (κ3) is 3.35. The zero-order valence-electron chi connectivity index (χ0n) is 12.4. The first-order chi connectivity index (χ1) is 9.47. The molecule has 0 bridgehead atoms. The molecule has 2 amide bonds. The van der Waals surface area contributed by atoms with Crippen LogP contribution < -0.4 is 5.32 Å². The van der Waals surface area contributed by atoms with Gasteiger partial charge in [0.15, 0.2) is 0 Å². The average Bonchev–Trinajstić information content (AvgIpc) is 2.42. The fraction of sp³-hybridized carbons (Fsp3) is 0.533. The number of aromatic hydroxyl groups is 1. The first-order valence-corrected chi connectivity index (χ1v) is 7.00. The topological polar surface area (TPSA) is 55.8 Å². The van der Waals surface area contributed by atoms with Crippen LogP contribution in [0.25, 0.3) is 0 Å². The fourth-order valence-corrected chi connectivity index (χ4v) is 2.53. The number of rotatable bonds is 2. The van der Waals surface area contributed by atoms with E-state index >= 15 is 0 Å². The first kappa shape index (κ1) is 14.5. The molecule has 1 fully saturated rings. The molecule has 1 heterocycles. The molecule has 1 saturated heterocycles. The zero-order chi connectivity index (χ0) is 14.7. The molecular weight excluding hydrogens is 254 g/mol. The van der Waals surface area contributed by atoms with Gasteiger partial charge in [-0.05, 0) is 43.5 Å². The Kier molecular flexibility index (Phi) is 4.37. The number of benzene rings is 1. The van der Waals surface area contributed by atoms with Crippen molar-refractivity contribution in [2.75, 3.05) is 32.5 Å². The van der Waals surface area contributed by atoms with Gasteiger partial charge in [0, 0.05) is 38.9 Å². The van der Waals surface area contributed by atoms with Crippen molar-refractivity contribution in [3.63, 3.8) is 0 Å². The quantitative estimate of drug-likeness (QED) is 0.815. The van der Waals surface area contributed by atoms with Crippen molar-refractivity contribution < 1.29 is 9.90 Å². The number of nitrogens with zero attached hydrogens (tertiary/aromatic N) is 2. The average molecular weight is 277 g/mol. The van der Waals surface area contributed by atoms with Gasteiger partial charge in [-0.25, -0.2) is 4.79 Å². The SMILES string of the molecule is Cc1cc(O)ccc1NC1CCN(C(=O)N(C)C)CC1. The lowest BCUT2D eigenvalue weighted by molar-refractivity contribution is 0.158. The lowest BCUT2D eigenvalue weighted by atomic mass is 10.0. The fourth-order valence-electron chi connectivity index (χ4n) is 2.53. The molecule has 0 unspecified atom stereocenters. The summed E-state index contributed by atoms with van der Waals surface area (Å²) in [6.07, 6.45) is 1.89. The van der Waals surface area contributed by atoms with Crippen molar-refractivity contribution in [1.82, 2.24) is 9.80 Å². The van der Waals surface area contributed by atoms with Gasteiger partial charge in [-0.3, -0.25) is 0 Å². The second-order valence-corrected chi connectivity index (χ2v) is 5.58. The predicted molar refractivity (Wildman–Crippen MR) is 80.1 cm³/mol. The molecule has 0 radical (unpaired) electrons. The van der Waals surface area contributed by atoms with Crippen LogP contribution in [0.3, 0.4) is 0 Å². The minimum absolute atomic E-state index is 0.0873. The summed E-state index contributed by atoms with van der Waals surface area (Å²) >= 11 is 0. The molecule has 2 N–H and O–H groups in total. The van der Waals surface area contributed by atoms with Crippen LogP contribution in [0.15, 0.2) is 18.2 Å². The monoisotopic (exact) mass is 277 g/mol. The molecule has 1 aromatic rings. The molecule has 0 saturated carbocycles. The number of piperidine rings is 1. The number of urea groups is 1. The van der Waals surface area contributed by atoms with Crippen molar-refractivity contribution in [2.24, 2.45) is 0 Å². The van der Waals surface area contributed by atoms with Crippen LogP contribution in [0, 0.1) is 6.92 Å². The Morgan fingerprint density at radius 1 is 1.35 bits per heavy atom. The number of nitrogens with one attached hydrogen (secondary N) is 1. The molecule has 5 heteroatoms. The summed E-state index contributed by atoms with van der Waals surface area (Å²) in [5.41, 5.74) is 2.09. The summed E-state index contributed by atoms with van der Waals surface area (Å²) in [5, 5.41) is 12.9. The predicted octanol–water partition coefficient (Wildman–Crippen LogP) is 2.26. The standard InChI is InChI=1S/C15H23N3O2/c1-11-10-13(19)4-5-14(11)16-12-6-8-18(9-7-12)15(20)17(2)3/h4-5,10,12,16,19H,6-9H2,1-3H3. The Balaban J connectivity index is 1.90. The van der Waals surface area contributed by atoms with Gasteiger partial charge in [-0.15, -0.1) is 0 Å². The van der Waals surface area contributed by atoms with Gasteiger partial charge < -0.3 is 20.2 Å². The normalized spacial score (nSPS) is 16.1. The van der Waals surface area contributed by atoms with Crippen molar-refractivity contribution in [3.8, 4) is 5.75 Å². The lowest BCUT2D eigenvalue weighted by Gasteiger charge is -2.34. The smallest absolute Gasteiger partial charge is 0.319 e. The zero-order valence-corrected chi connectivity index (χ0v) is 12.4. The summed E-state index contributed by atoms with van der Waals surface area (Å²) in [4.78, 5) is 15.4. The number of hydrogen-bond donors (Lipinski definition) is 2. The number of aryl methyl sites for hydroxylation is 1. The molecule has 0 aromatic heterocycles. The number of hydrogen-bond acceptors (Lipinski definition) is 3. The van der Waals surface area contributed by atoms with Crippen LogP contribution in [0.1, 0.15) is 18.4 Å². The number of amides is 2. The highest BCUT2D eigenvalue weighted by atomic mass is 16.3. The third-order valence-corrected chi connectivity index (χ3v) is 3.72. The summed E-state index contributed by atoms with van der Waals surface area (Å²) < 4.78 is 0. The van der Waals surface area contributed by atoms with E-state index in [9.17, 15) is 9.90 Å². The van der Waals surface area contributed by atoms with Crippen LogP contribution in [0.2, 0.25) is 0 Å². The number of likely N-dealkylation sites (tertiary alicyclic amines) is 1. The van der Waals surface area contributed by atoms with E-state index in [2.05, 4.69) is 5.32 Å². The Morgan fingerprint density at radius 2 is 2.00 bits per heavy atom. The highest BCUT2D eigenvalue weighted by Crippen LogP contribution is 2.23. The number of carbonyl (C=O) groups excluding carboxylic acids is 1. The molecule has 20 heavy (non-hydrogen) atoms. The van der Waals surface area contributed by atoms with Crippen LogP contribution in [-0.2, 0) is 0 Å². The van der Waals surface area contributed by atoms with Crippen LogP contribution in [-0.4, -0.2) is 54.2 Å². The maximum Gasteiger partial charge on any atom is 0.319 e. The van der Waals surface area contributed by atoms with Gasteiger partial charge >= 0.3 is 6.03 Å². The molecule has 1 aliphatic heterocycles. The maximum absolute atomic E-state index is 11.9. The molecule has 1 aromatic carbocycles. The van der Waals surface area contributed by atoms with E-state index in [0.29, 0.717) is 11.8 Å². The second kappa shape index (κ2) is 6.03. The van der Waals surface area contributed by atoms with E-state index in [4.69, 9.17) is 0 Å². The van der Waals surface area contributed by atoms with Crippen LogP contribution >= 0.6 is 0 Å². The van der Waals surface area contributed by atoms with Gasteiger partial charge in [0.1, 0.15) is 5.75 Å². The van der Waals surface area contributed by atoms with Crippen molar-refractivity contribution >= 4 is 11.7 Å². The molecule has 110 valence electrons. The van der Waals surface area contributed by atoms with E-state index in [0.717, 1.165) is 37.2 Å². The highest BCUT2D eigenvalue weighted by Gasteiger charge is 2.23. The van der Waals surface area contributed by atoms with E-state index in [1.807, 2.05) is 17.9 Å². The summed E-state index contributed by atoms with van der Waals surface area (Å²) in [7, 11) is 3.57. The Hall–Kier alpha value is -1.91. The van der Waals surface area contributed by atoms with E-state index in [1.54, 1.807) is 31.1 Å². The number of phenols is 1. The summed E-state index contributed by atoms with van der Waals surface area (Å²) in [6.45, 7) is 3.55. The van der Waals surface area contributed by atoms with E-state index < -0.39 is 0 Å². The van der Waals surface area contributed by atoms with Gasteiger partial charge in [0.25, 0.3) is 0 Å². The van der Waals surface area contributed by atoms with Crippen LogP contribution in [0.4, 0.5) is 10.5 Å². The van der Waals surface area contributed by atoms with E-state index in [1.165, 1.54) is 0 Å². The Bertz CT molecular complexity index is 480. The molecule has 0 aliphatic carbocycles. The maximum atomic E-state index is 11.9. The largest absolute Gasteiger partial charge is 0.508 e. The Morgan fingerprint density at radius 3 is 2.55 bits per heavy atom. The second-order valence-electron chi connectivity index (χ2n) is 5.58. The van der Waals surface area contributed by atoms with Gasteiger partial charge in [-0.2, -0.15) is 0 Å². The molecular formula is C15H23N3O2. The third-order valence-electron chi connectivity index (χ3n) is 3.72. The molecule has 0 atom stereocenters. The minimum Gasteiger partial charge on any atom is -0.508 e. The van der Waals surface area contributed by atoms with Crippen molar-refractivity contribution in [2.45, 2.75) is 25.8 Å². The van der Waals surface area contributed by atoms with Crippen molar-refractivity contribution in [3.05, 3.63) is 23.8 Å². The molecule has 0 spiro atoms. The lowest BCUT2D eigenvalue weighted by Crippen LogP contribution is -2.46. The number of carbonyl (C=O) groups is 1. The Labute approximate surface area is 120 Å². The van der Waals surface area contributed by atoms with Crippen molar-refractivity contribution in [1.29, 1.82) is 0 Å². The number of phenolic OH excluding ortho intramolecular Hbond substituents is 1. The molecule has 2 rings (SSSR count). The summed E-state index contributed by atoms with van der Waals surface area (Å²) in [6, 6.07) is 5.82. The van der Waals surface area contributed by atoms with Gasteiger partial charge in [0.05, 0.1) is 0 Å². The highest BCUT2D eigenvalue weighted by molar-refractivity contribution is 5.73. The molecule has 1 aliphatic rings. The minimum atomic E-state index is 0.0873. The number of anilines is 1. The van der Waals surface area contributed by atoms with E-state index in [-0.39, 0.29) is 6.03 Å². The van der Waals surface area contributed by atoms with Gasteiger partial charge in [0.2, 0.25) is 0 Å².